The quantitative estimate of drug-likeness (QED) is 0.358. The van der Waals surface area contributed by atoms with Crippen molar-refractivity contribution in [3.05, 3.63) is 59.2 Å². The van der Waals surface area contributed by atoms with Crippen LogP contribution in [-0.4, -0.2) is 36.5 Å². The molecule has 3 rings (SSSR count). The number of hydrazine groups is 1. The summed E-state index contributed by atoms with van der Waals surface area (Å²) in [5, 5.41) is 1.14. The van der Waals surface area contributed by atoms with Crippen molar-refractivity contribution in [3.8, 4) is 11.5 Å². The van der Waals surface area contributed by atoms with Gasteiger partial charge in [-0.2, -0.15) is 0 Å². The van der Waals surface area contributed by atoms with Crippen LogP contribution in [-0.2, 0) is 0 Å². The highest BCUT2D eigenvalue weighted by atomic mass is 16.5. The van der Waals surface area contributed by atoms with E-state index in [0.29, 0.717) is 41.0 Å². The van der Waals surface area contributed by atoms with E-state index >= 15 is 0 Å². The Morgan fingerprint density at radius 2 is 1.50 bits per heavy atom. The van der Waals surface area contributed by atoms with E-state index in [1.165, 1.54) is 7.11 Å². The second-order valence-corrected chi connectivity index (χ2v) is 7.08. The maximum Gasteiger partial charge on any atom is 0.269 e. The van der Waals surface area contributed by atoms with Gasteiger partial charge in [0.05, 0.1) is 19.8 Å². The Kier molecular flexibility index (Phi) is 5.70. The van der Waals surface area contributed by atoms with E-state index in [2.05, 4.69) is 0 Å². The molecule has 1 saturated carbocycles. The number of para-hydroxylation sites is 1. The number of benzene rings is 2. The molecule has 0 spiro atoms. The minimum absolute atomic E-state index is 0.182. The van der Waals surface area contributed by atoms with Crippen LogP contribution in [0.25, 0.3) is 0 Å². The van der Waals surface area contributed by atoms with Crippen molar-refractivity contribution in [3.63, 3.8) is 0 Å². The van der Waals surface area contributed by atoms with Gasteiger partial charge in [-0.3, -0.25) is 14.6 Å². The zero-order chi connectivity index (χ0) is 20.3. The summed E-state index contributed by atoms with van der Waals surface area (Å²) in [6.45, 7) is 1.81. The largest absolute Gasteiger partial charge is 0.496 e. The number of ether oxygens (including phenoxy) is 2. The van der Waals surface area contributed by atoms with Crippen LogP contribution in [0.1, 0.15) is 52.0 Å². The summed E-state index contributed by atoms with van der Waals surface area (Å²) in [5.41, 5.74) is 0.489. The molecule has 1 aliphatic rings. The molecule has 0 aromatic heterocycles. The van der Waals surface area contributed by atoms with Crippen molar-refractivity contribution in [2.24, 2.45) is 5.84 Å². The lowest BCUT2D eigenvalue weighted by Crippen LogP contribution is -2.59. The molecule has 1 amide bonds. The van der Waals surface area contributed by atoms with Crippen molar-refractivity contribution < 1.29 is 19.1 Å². The van der Waals surface area contributed by atoms with Gasteiger partial charge in [0.1, 0.15) is 17.0 Å². The fraction of sp³-hybridized carbons (Fsp3) is 0.364. The molecule has 0 atom stereocenters. The number of carbonyl (C=O) groups excluding carboxylic acids is 2. The van der Waals surface area contributed by atoms with Crippen LogP contribution in [0.3, 0.4) is 0 Å². The molecule has 0 aliphatic heterocycles. The molecular formula is C22H26N2O4. The highest BCUT2D eigenvalue weighted by molar-refractivity contribution is 6.09. The fourth-order valence-corrected chi connectivity index (χ4v) is 4.01. The van der Waals surface area contributed by atoms with Gasteiger partial charge in [0.2, 0.25) is 0 Å². The van der Waals surface area contributed by atoms with Crippen molar-refractivity contribution in [2.45, 2.75) is 38.1 Å². The Morgan fingerprint density at radius 1 is 0.929 bits per heavy atom. The van der Waals surface area contributed by atoms with Crippen LogP contribution in [0.4, 0.5) is 0 Å². The summed E-state index contributed by atoms with van der Waals surface area (Å²) in [6, 6.07) is 12.3. The maximum absolute atomic E-state index is 13.6. The van der Waals surface area contributed by atoms with E-state index in [9.17, 15) is 9.59 Å². The number of ketones is 1. The number of Topliss-reactive ketones (excluding diaryl/α,β-unsaturated/α-hetero) is 1. The summed E-state index contributed by atoms with van der Waals surface area (Å²) in [7, 11) is 3.08. The highest BCUT2D eigenvalue weighted by Crippen LogP contribution is 2.39. The Hall–Kier alpha value is -2.86. The molecule has 1 aliphatic carbocycles. The van der Waals surface area contributed by atoms with Gasteiger partial charge in [0, 0.05) is 11.1 Å². The van der Waals surface area contributed by atoms with Crippen LogP contribution in [0, 0.1) is 6.92 Å². The van der Waals surface area contributed by atoms with E-state index in [4.69, 9.17) is 15.3 Å². The Bertz CT molecular complexity index is 888. The summed E-state index contributed by atoms with van der Waals surface area (Å²) >= 11 is 0. The topological polar surface area (TPSA) is 81.9 Å². The van der Waals surface area contributed by atoms with Crippen molar-refractivity contribution in [1.82, 2.24) is 5.01 Å². The molecule has 148 valence electrons. The van der Waals surface area contributed by atoms with Gasteiger partial charge in [-0.1, -0.05) is 31.0 Å². The van der Waals surface area contributed by atoms with Crippen LogP contribution in [0.5, 0.6) is 11.5 Å². The molecule has 2 N–H and O–H groups in total. The van der Waals surface area contributed by atoms with Crippen LogP contribution in [0.2, 0.25) is 0 Å². The first-order chi connectivity index (χ1) is 13.5. The third kappa shape index (κ3) is 3.24. The Labute approximate surface area is 165 Å². The maximum atomic E-state index is 13.6. The van der Waals surface area contributed by atoms with Gasteiger partial charge in [-0.15, -0.1) is 0 Å². The predicted octanol–water partition coefficient (Wildman–Crippen LogP) is 3.52. The molecule has 0 radical (unpaired) electrons. The smallest absolute Gasteiger partial charge is 0.269 e. The third-order valence-corrected chi connectivity index (χ3v) is 5.62. The predicted molar refractivity (Wildman–Crippen MR) is 107 cm³/mol. The number of nitrogens with zero attached hydrogens (tertiary/aromatic N) is 1. The molecule has 0 bridgehead atoms. The van der Waals surface area contributed by atoms with Crippen LogP contribution in [0.15, 0.2) is 42.5 Å². The van der Waals surface area contributed by atoms with Crippen molar-refractivity contribution in [1.29, 1.82) is 0 Å². The molecule has 0 unspecified atom stereocenters. The second-order valence-electron chi connectivity index (χ2n) is 7.08. The highest BCUT2D eigenvalue weighted by Gasteiger charge is 2.48. The molecule has 0 saturated heterocycles. The van der Waals surface area contributed by atoms with E-state index in [-0.39, 0.29) is 11.7 Å². The zero-order valence-electron chi connectivity index (χ0n) is 16.5. The van der Waals surface area contributed by atoms with E-state index in [1.807, 2.05) is 13.0 Å². The minimum atomic E-state index is -1.08. The van der Waals surface area contributed by atoms with Crippen molar-refractivity contribution >= 4 is 11.7 Å². The van der Waals surface area contributed by atoms with Gasteiger partial charge in [0.15, 0.2) is 5.78 Å². The monoisotopic (exact) mass is 382 g/mol. The lowest BCUT2D eigenvalue weighted by atomic mass is 9.85. The molecule has 1 fully saturated rings. The average molecular weight is 382 g/mol. The first kappa shape index (κ1) is 19.9. The van der Waals surface area contributed by atoms with Crippen LogP contribution >= 0.6 is 0 Å². The number of hydrogen-bond donors (Lipinski definition) is 1. The Morgan fingerprint density at radius 3 is 2.14 bits per heavy atom. The van der Waals surface area contributed by atoms with Gasteiger partial charge in [-0.05, 0) is 44.0 Å². The number of hydrogen-bond acceptors (Lipinski definition) is 5. The first-order valence-electron chi connectivity index (χ1n) is 9.37. The molecule has 0 heterocycles. The standard InChI is InChI=1S/C22H26N2O4/c1-15-16(10-8-12-18(15)27-2)21(26)24(23)22(13-6-7-14-22)20(25)17-9-4-5-11-19(17)28-3/h4-5,8-12H,6-7,13-14,23H2,1-3H3. The number of methoxy groups -OCH3 is 2. The number of nitrogens with two attached hydrogens (primary N) is 1. The van der Waals surface area contributed by atoms with Gasteiger partial charge in [0.25, 0.3) is 5.91 Å². The Balaban J connectivity index is 2.02. The number of carbonyl (C=O) groups is 2. The molecule has 6 heteroatoms. The lowest BCUT2D eigenvalue weighted by molar-refractivity contribution is 0.0409. The SMILES string of the molecule is COc1ccccc1C(=O)C1(N(N)C(=O)c2cccc(OC)c2C)CCCC1. The molecule has 2 aromatic rings. The fourth-order valence-electron chi connectivity index (χ4n) is 4.01. The van der Waals surface area contributed by atoms with Gasteiger partial charge < -0.3 is 9.47 Å². The zero-order valence-corrected chi connectivity index (χ0v) is 16.5. The number of rotatable bonds is 6. The van der Waals surface area contributed by atoms with Gasteiger partial charge in [-0.25, -0.2) is 5.84 Å². The molecule has 2 aromatic carbocycles. The summed E-state index contributed by atoms with van der Waals surface area (Å²) in [6.07, 6.45) is 2.71. The molecular weight excluding hydrogens is 356 g/mol. The lowest BCUT2D eigenvalue weighted by Gasteiger charge is -2.37. The van der Waals surface area contributed by atoms with E-state index in [1.54, 1.807) is 43.5 Å². The minimum Gasteiger partial charge on any atom is -0.496 e. The molecule has 6 nitrogen and oxygen atoms in total. The van der Waals surface area contributed by atoms with Crippen LogP contribution < -0.4 is 15.3 Å². The summed E-state index contributed by atoms with van der Waals surface area (Å²) < 4.78 is 10.7. The summed E-state index contributed by atoms with van der Waals surface area (Å²) in [5.74, 6) is 6.88. The second kappa shape index (κ2) is 8.02. The van der Waals surface area contributed by atoms with Gasteiger partial charge >= 0.3 is 0 Å². The first-order valence-corrected chi connectivity index (χ1v) is 9.37. The van der Waals surface area contributed by atoms with E-state index < -0.39 is 5.54 Å². The summed E-state index contributed by atoms with van der Waals surface area (Å²) in [4.78, 5) is 26.8. The van der Waals surface area contributed by atoms with E-state index in [0.717, 1.165) is 17.9 Å². The third-order valence-electron chi connectivity index (χ3n) is 5.62. The normalized spacial score (nSPS) is 15.1. The molecule has 28 heavy (non-hydrogen) atoms. The number of amides is 1. The average Bonchev–Trinajstić information content (AvgIpc) is 3.23. The van der Waals surface area contributed by atoms with Crippen molar-refractivity contribution in [2.75, 3.05) is 14.2 Å².